The Bertz CT molecular complexity index is 132. The highest BCUT2D eigenvalue weighted by molar-refractivity contribution is 4.98. The molecule has 0 fully saturated rings. The maximum absolute atomic E-state index is 5.66. The third-order valence-electron chi connectivity index (χ3n) is 1.36. The predicted octanol–water partition coefficient (Wildman–Crippen LogP) is 1.65. The monoisotopic (exact) mass is 156 g/mol. The number of rotatable bonds is 6. The van der Waals surface area contributed by atoms with Crippen LogP contribution in [0.25, 0.3) is 0 Å². The molecule has 0 aliphatic carbocycles. The fraction of sp³-hybridized carbons (Fsp3) is 0.556. The second-order valence-corrected chi connectivity index (χ2v) is 2.43. The Morgan fingerprint density at radius 1 is 1.64 bits per heavy atom. The summed E-state index contributed by atoms with van der Waals surface area (Å²) >= 11 is 0. The first-order valence-corrected chi connectivity index (χ1v) is 4.07. The lowest BCUT2D eigenvalue weighted by molar-refractivity contribution is 0.766. The average Bonchev–Trinajstić information content (AvgIpc) is 2.01. The molecule has 11 heavy (non-hydrogen) atoms. The molecule has 0 aromatic heterocycles. The molecule has 0 bridgehead atoms. The fourth-order valence-electron chi connectivity index (χ4n) is 0.728. The summed E-state index contributed by atoms with van der Waals surface area (Å²) in [5, 5.41) is 3.16. The van der Waals surface area contributed by atoms with E-state index in [4.69, 9.17) is 5.73 Å². The molecule has 0 aliphatic heterocycles. The van der Waals surface area contributed by atoms with Gasteiger partial charge in [-0.15, -0.1) is 6.58 Å². The molecule has 0 atom stereocenters. The minimum Gasteiger partial charge on any atom is -0.401 e. The maximum atomic E-state index is 5.66. The number of hydrogen-bond donors (Lipinski definition) is 2. The molecule has 0 radical (unpaired) electrons. The summed E-state index contributed by atoms with van der Waals surface area (Å²) in [5.41, 5.74) is 6.59. The van der Waals surface area contributed by atoms with Crippen molar-refractivity contribution in [2.75, 3.05) is 13.1 Å². The van der Waals surface area contributed by atoms with Crippen molar-refractivity contribution in [3.8, 4) is 0 Å². The lowest BCUT2D eigenvalue weighted by Gasteiger charge is -2.00. The van der Waals surface area contributed by atoms with Crippen LogP contribution in [-0.2, 0) is 0 Å². The molecule has 0 amide bonds. The van der Waals surface area contributed by atoms with Crippen molar-refractivity contribution in [1.82, 2.24) is 5.32 Å². The van der Waals surface area contributed by atoms with E-state index in [2.05, 4.69) is 18.8 Å². The largest absolute Gasteiger partial charge is 0.401 e. The van der Waals surface area contributed by atoms with Crippen molar-refractivity contribution in [3.05, 3.63) is 24.4 Å². The number of hydrogen-bond acceptors (Lipinski definition) is 2. The summed E-state index contributed by atoms with van der Waals surface area (Å²) in [4.78, 5) is 0. The highest BCUT2D eigenvalue weighted by Crippen LogP contribution is 1.93. The second kappa shape index (κ2) is 7.35. The zero-order valence-electron chi connectivity index (χ0n) is 7.27. The standard InChI is InChI=1S/C9H18N2.H2/c1-3-5-6-7-9(10)8-11-4-2;/h3,7,11H,1,4-6,8,10H2,2H3;1H/b9-7+;. The van der Waals surface area contributed by atoms with E-state index in [1.807, 2.05) is 12.2 Å². The van der Waals surface area contributed by atoms with E-state index >= 15 is 0 Å². The molecule has 0 saturated heterocycles. The van der Waals surface area contributed by atoms with Gasteiger partial charge in [-0.25, -0.2) is 0 Å². The van der Waals surface area contributed by atoms with Gasteiger partial charge in [0.25, 0.3) is 0 Å². The van der Waals surface area contributed by atoms with Gasteiger partial charge in [0.05, 0.1) is 0 Å². The zero-order chi connectivity index (χ0) is 8.53. The number of nitrogens with two attached hydrogens (primary N) is 1. The van der Waals surface area contributed by atoms with Gasteiger partial charge in [-0.3, -0.25) is 0 Å². The SMILES string of the molecule is C=CCC/C=C(/N)CNCC.[HH]. The predicted molar refractivity (Wildman–Crippen MR) is 52.4 cm³/mol. The zero-order valence-corrected chi connectivity index (χ0v) is 7.27. The molecular weight excluding hydrogens is 136 g/mol. The third-order valence-corrected chi connectivity index (χ3v) is 1.36. The van der Waals surface area contributed by atoms with Crippen LogP contribution >= 0.6 is 0 Å². The van der Waals surface area contributed by atoms with Gasteiger partial charge >= 0.3 is 0 Å². The molecule has 0 aromatic rings. The van der Waals surface area contributed by atoms with Crippen LogP contribution in [0.5, 0.6) is 0 Å². The summed E-state index contributed by atoms with van der Waals surface area (Å²) in [6, 6.07) is 0. The van der Waals surface area contributed by atoms with E-state index in [9.17, 15) is 0 Å². The highest BCUT2D eigenvalue weighted by atomic mass is 14.9. The smallest absolute Gasteiger partial charge is 0.0348 e. The van der Waals surface area contributed by atoms with Crippen LogP contribution < -0.4 is 11.1 Å². The van der Waals surface area contributed by atoms with Gasteiger partial charge in [0.15, 0.2) is 0 Å². The summed E-state index contributed by atoms with van der Waals surface area (Å²) in [6.07, 6.45) is 5.95. The van der Waals surface area contributed by atoms with Crippen molar-refractivity contribution in [2.24, 2.45) is 5.73 Å². The summed E-state index contributed by atoms with van der Waals surface area (Å²) in [5.74, 6) is 0. The Hall–Kier alpha value is -0.760. The van der Waals surface area contributed by atoms with Crippen LogP contribution in [0, 0.1) is 0 Å². The molecule has 0 rings (SSSR count). The summed E-state index contributed by atoms with van der Waals surface area (Å²) < 4.78 is 0. The lowest BCUT2D eigenvalue weighted by atomic mass is 10.2. The van der Waals surface area contributed by atoms with Crippen molar-refractivity contribution >= 4 is 0 Å². The molecule has 0 aromatic carbocycles. The quantitative estimate of drug-likeness (QED) is 0.453. The van der Waals surface area contributed by atoms with E-state index in [1.54, 1.807) is 0 Å². The summed E-state index contributed by atoms with van der Waals surface area (Å²) in [6.45, 7) is 7.47. The molecule has 0 saturated carbocycles. The van der Waals surface area contributed by atoms with Gasteiger partial charge in [-0.1, -0.05) is 19.1 Å². The fourth-order valence-corrected chi connectivity index (χ4v) is 0.728. The maximum Gasteiger partial charge on any atom is 0.0348 e. The number of likely N-dealkylation sites (N-methyl/N-ethyl adjacent to an activating group) is 1. The molecule has 3 N–H and O–H groups in total. The summed E-state index contributed by atoms with van der Waals surface area (Å²) in [7, 11) is 0. The molecule has 66 valence electrons. The molecule has 2 heteroatoms. The van der Waals surface area contributed by atoms with Crippen molar-refractivity contribution < 1.29 is 1.43 Å². The molecule has 0 aliphatic rings. The minimum atomic E-state index is 0. The molecule has 0 spiro atoms. The third kappa shape index (κ3) is 7.13. The van der Waals surface area contributed by atoms with Crippen LogP contribution in [0.3, 0.4) is 0 Å². The van der Waals surface area contributed by atoms with Crippen molar-refractivity contribution in [1.29, 1.82) is 0 Å². The van der Waals surface area contributed by atoms with Gasteiger partial charge in [0.1, 0.15) is 0 Å². The van der Waals surface area contributed by atoms with E-state index in [1.165, 1.54) is 0 Å². The second-order valence-electron chi connectivity index (χ2n) is 2.43. The minimum absolute atomic E-state index is 0. The van der Waals surface area contributed by atoms with Crippen LogP contribution in [0.15, 0.2) is 24.4 Å². The average molecular weight is 156 g/mol. The van der Waals surface area contributed by atoms with E-state index in [-0.39, 0.29) is 1.43 Å². The number of nitrogens with one attached hydrogen (secondary N) is 1. The van der Waals surface area contributed by atoms with E-state index < -0.39 is 0 Å². The molecular formula is C9H20N2. The van der Waals surface area contributed by atoms with Crippen LogP contribution in [0.4, 0.5) is 0 Å². The van der Waals surface area contributed by atoms with Gasteiger partial charge in [0.2, 0.25) is 0 Å². The van der Waals surface area contributed by atoms with Gasteiger partial charge in [-0.2, -0.15) is 0 Å². The molecule has 0 unspecified atom stereocenters. The number of allylic oxidation sites excluding steroid dienone is 2. The first-order valence-electron chi connectivity index (χ1n) is 4.07. The Balaban J connectivity index is 0. The lowest BCUT2D eigenvalue weighted by Crippen LogP contribution is -2.20. The molecule has 2 nitrogen and oxygen atoms in total. The Morgan fingerprint density at radius 3 is 2.91 bits per heavy atom. The van der Waals surface area contributed by atoms with Crippen LogP contribution in [-0.4, -0.2) is 13.1 Å². The first kappa shape index (κ1) is 10.2. The molecule has 0 heterocycles. The van der Waals surface area contributed by atoms with E-state index in [0.717, 1.165) is 31.6 Å². The topological polar surface area (TPSA) is 38.0 Å². The van der Waals surface area contributed by atoms with Gasteiger partial charge < -0.3 is 11.1 Å². The van der Waals surface area contributed by atoms with Crippen LogP contribution in [0.1, 0.15) is 21.2 Å². The van der Waals surface area contributed by atoms with Crippen molar-refractivity contribution in [3.63, 3.8) is 0 Å². The normalized spacial score (nSPS) is 11.5. The van der Waals surface area contributed by atoms with Crippen molar-refractivity contribution in [2.45, 2.75) is 19.8 Å². The number of unbranched alkanes of at least 4 members (excludes halogenated alkanes) is 1. The highest BCUT2D eigenvalue weighted by Gasteiger charge is 1.86. The first-order chi connectivity index (χ1) is 5.31. The van der Waals surface area contributed by atoms with E-state index in [0.29, 0.717) is 0 Å². The van der Waals surface area contributed by atoms with Gasteiger partial charge in [0, 0.05) is 13.7 Å². The Labute approximate surface area is 70.7 Å². The Morgan fingerprint density at radius 2 is 2.36 bits per heavy atom. The van der Waals surface area contributed by atoms with Gasteiger partial charge in [-0.05, 0) is 19.4 Å². The van der Waals surface area contributed by atoms with Crippen LogP contribution in [0.2, 0.25) is 0 Å². The Kier molecular flexibility index (Phi) is 6.84.